The molecule has 1 fully saturated rings. The summed E-state index contributed by atoms with van der Waals surface area (Å²) < 4.78 is 7.62. The van der Waals surface area contributed by atoms with E-state index in [4.69, 9.17) is 4.74 Å². The van der Waals surface area contributed by atoms with Crippen molar-refractivity contribution in [2.75, 3.05) is 37.0 Å². The van der Waals surface area contributed by atoms with Crippen LogP contribution in [0.25, 0.3) is 0 Å². The number of aromatic nitrogens is 3. The maximum Gasteiger partial charge on any atom is 0.230 e. The summed E-state index contributed by atoms with van der Waals surface area (Å²) >= 11 is 1.47. The SMILES string of the molecule is CC(C)Cn1c(SCC(=O)N[C@H]2CCCc3ccccc32)nnc1N1CCOCC1. The molecule has 2 heterocycles. The van der Waals surface area contributed by atoms with Crippen LogP contribution in [0.5, 0.6) is 0 Å². The minimum Gasteiger partial charge on any atom is -0.378 e. The van der Waals surface area contributed by atoms with Gasteiger partial charge in [-0.05, 0) is 36.3 Å². The first-order valence-electron chi connectivity index (χ1n) is 10.9. The highest BCUT2D eigenvalue weighted by atomic mass is 32.2. The number of hydrogen-bond donors (Lipinski definition) is 1. The van der Waals surface area contributed by atoms with Crippen molar-refractivity contribution in [1.29, 1.82) is 0 Å². The van der Waals surface area contributed by atoms with Gasteiger partial charge in [0.1, 0.15) is 0 Å². The Hall–Kier alpha value is -2.06. The second kappa shape index (κ2) is 9.83. The smallest absolute Gasteiger partial charge is 0.230 e. The number of rotatable bonds is 7. The van der Waals surface area contributed by atoms with E-state index in [9.17, 15) is 4.79 Å². The zero-order chi connectivity index (χ0) is 20.9. The van der Waals surface area contributed by atoms with Gasteiger partial charge in [-0.2, -0.15) is 0 Å². The van der Waals surface area contributed by atoms with Gasteiger partial charge in [0, 0.05) is 19.6 Å². The third-order valence-electron chi connectivity index (χ3n) is 5.58. The molecule has 8 heteroatoms. The molecule has 4 rings (SSSR count). The van der Waals surface area contributed by atoms with Gasteiger partial charge < -0.3 is 15.0 Å². The van der Waals surface area contributed by atoms with E-state index in [1.165, 1.54) is 22.9 Å². The van der Waals surface area contributed by atoms with Crippen LogP contribution in [-0.2, 0) is 22.5 Å². The van der Waals surface area contributed by atoms with Crippen molar-refractivity contribution >= 4 is 23.6 Å². The Bertz CT molecular complexity index is 863. The van der Waals surface area contributed by atoms with Gasteiger partial charge >= 0.3 is 0 Å². The molecule has 1 amide bonds. The first-order valence-corrected chi connectivity index (χ1v) is 11.9. The van der Waals surface area contributed by atoms with Gasteiger partial charge in [0.2, 0.25) is 11.9 Å². The minimum absolute atomic E-state index is 0.0497. The van der Waals surface area contributed by atoms with E-state index in [0.29, 0.717) is 24.9 Å². The molecule has 0 radical (unpaired) electrons. The lowest BCUT2D eigenvalue weighted by molar-refractivity contribution is -0.119. The number of thioether (sulfide) groups is 1. The molecule has 0 saturated carbocycles. The molecular weight excluding hydrogens is 398 g/mol. The monoisotopic (exact) mass is 429 g/mol. The Labute approximate surface area is 182 Å². The number of aryl methyl sites for hydroxylation is 1. The normalized spacial score (nSPS) is 19.0. The van der Waals surface area contributed by atoms with Gasteiger partial charge in [0.25, 0.3) is 0 Å². The predicted molar refractivity (Wildman–Crippen MR) is 119 cm³/mol. The fraction of sp³-hybridized carbons (Fsp3) is 0.591. The summed E-state index contributed by atoms with van der Waals surface area (Å²) in [6.07, 6.45) is 3.21. The van der Waals surface area contributed by atoms with Crippen LogP contribution in [0.4, 0.5) is 5.95 Å². The van der Waals surface area contributed by atoms with Gasteiger partial charge in [-0.15, -0.1) is 10.2 Å². The summed E-state index contributed by atoms with van der Waals surface area (Å²) in [5.41, 5.74) is 2.62. The van der Waals surface area contributed by atoms with Gasteiger partial charge in [-0.25, -0.2) is 0 Å². The number of nitrogens with one attached hydrogen (secondary N) is 1. The van der Waals surface area contributed by atoms with E-state index >= 15 is 0 Å². The van der Waals surface area contributed by atoms with E-state index in [1.54, 1.807) is 0 Å². The molecule has 0 spiro atoms. The average molecular weight is 430 g/mol. The Morgan fingerprint density at radius 3 is 2.87 bits per heavy atom. The first kappa shape index (κ1) is 21.2. The highest BCUT2D eigenvalue weighted by Gasteiger charge is 2.24. The van der Waals surface area contributed by atoms with Gasteiger partial charge in [-0.1, -0.05) is 49.9 Å². The molecule has 162 valence electrons. The van der Waals surface area contributed by atoms with Crippen LogP contribution >= 0.6 is 11.8 Å². The van der Waals surface area contributed by atoms with Crippen molar-refractivity contribution in [2.24, 2.45) is 5.92 Å². The van der Waals surface area contributed by atoms with Crippen LogP contribution in [0, 0.1) is 5.92 Å². The van der Waals surface area contributed by atoms with Crippen molar-refractivity contribution in [3.63, 3.8) is 0 Å². The van der Waals surface area contributed by atoms with Crippen LogP contribution < -0.4 is 10.2 Å². The number of amides is 1. The molecule has 1 aliphatic heterocycles. The van der Waals surface area contributed by atoms with Crippen LogP contribution in [0.1, 0.15) is 43.9 Å². The number of carbonyl (C=O) groups excluding carboxylic acids is 1. The predicted octanol–water partition coefficient (Wildman–Crippen LogP) is 3.06. The number of hydrogen-bond acceptors (Lipinski definition) is 6. The minimum atomic E-state index is 0.0497. The van der Waals surface area contributed by atoms with E-state index in [2.05, 4.69) is 63.1 Å². The maximum atomic E-state index is 12.7. The zero-order valence-electron chi connectivity index (χ0n) is 17.8. The van der Waals surface area contributed by atoms with Gasteiger partial charge in [-0.3, -0.25) is 9.36 Å². The fourth-order valence-corrected chi connectivity index (χ4v) is 4.93. The van der Waals surface area contributed by atoms with E-state index in [-0.39, 0.29) is 11.9 Å². The van der Waals surface area contributed by atoms with Crippen LogP contribution in [0.2, 0.25) is 0 Å². The molecule has 1 aromatic carbocycles. The summed E-state index contributed by atoms with van der Waals surface area (Å²) in [4.78, 5) is 14.9. The van der Waals surface area contributed by atoms with Crippen LogP contribution in [-0.4, -0.2) is 52.7 Å². The van der Waals surface area contributed by atoms with Gasteiger partial charge in [0.05, 0.1) is 25.0 Å². The maximum absolute atomic E-state index is 12.7. The number of carbonyl (C=O) groups is 1. The van der Waals surface area contributed by atoms with Gasteiger partial charge in [0.15, 0.2) is 5.16 Å². The van der Waals surface area contributed by atoms with Crippen molar-refractivity contribution in [3.8, 4) is 0 Å². The number of fused-ring (bicyclic) bond motifs is 1. The molecule has 1 aliphatic carbocycles. The quantitative estimate of drug-likeness (QED) is 0.682. The van der Waals surface area contributed by atoms with E-state index in [1.807, 2.05) is 0 Å². The second-order valence-electron chi connectivity index (χ2n) is 8.39. The fourth-order valence-electron chi connectivity index (χ4n) is 4.18. The molecule has 1 atom stereocenters. The summed E-state index contributed by atoms with van der Waals surface area (Å²) in [7, 11) is 0. The van der Waals surface area contributed by atoms with Crippen molar-refractivity contribution in [2.45, 2.75) is 50.9 Å². The number of anilines is 1. The highest BCUT2D eigenvalue weighted by molar-refractivity contribution is 7.99. The molecule has 0 bridgehead atoms. The molecule has 7 nitrogen and oxygen atoms in total. The molecule has 1 aromatic heterocycles. The second-order valence-corrected chi connectivity index (χ2v) is 9.33. The molecular formula is C22H31N5O2S. The summed E-state index contributed by atoms with van der Waals surface area (Å²) in [6.45, 7) is 8.27. The summed E-state index contributed by atoms with van der Waals surface area (Å²) in [5, 5.41) is 12.9. The van der Waals surface area contributed by atoms with E-state index < -0.39 is 0 Å². The Kier molecular flexibility index (Phi) is 6.94. The lowest BCUT2D eigenvalue weighted by atomic mass is 9.88. The standard InChI is InChI=1S/C22H31N5O2S/c1-16(2)14-27-21(26-10-12-29-13-11-26)24-25-22(27)30-15-20(28)23-19-9-5-7-17-6-3-4-8-18(17)19/h3-4,6,8,16,19H,5,7,9-15H2,1-2H3,(H,23,28)/t19-/m0/s1. The molecule has 0 unspecified atom stereocenters. The van der Waals surface area contributed by atoms with E-state index in [0.717, 1.165) is 50.0 Å². The molecule has 1 N–H and O–H groups in total. The summed E-state index contributed by atoms with van der Waals surface area (Å²) in [6, 6.07) is 8.55. The largest absolute Gasteiger partial charge is 0.378 e. The number of benzene rings is 1. The lowest BCUT2D eigenvalue weighted by Gasteiger charge is -2.28. The Morgan fingerprint density at radius 1 is 1.27 bits per heavy atom. The van der Waals surface area contributed by atoms with Crippen molar-refractivity contribution in [3.05, 3.63) is 35.4 Å². The van der Waals surface area contributed by atoms with Crippen molar-refractivity contribution in [1.82, 2.24) is 20.1 Å². The number of nitrogens with zero attached hydrogens (tertiary/aromatic N) is 4. The highest BCUT2D eigenvalue weighted by Crippen LogP contribution is 2.30. The molecule has 30 heavy (non-hydrogen) atoms. The van der Waals surface area contributed by atoms with Crippen LogP contribution in [0.15, 0.2) is 29.4 Å². The number of ether oxygens (including phenoxy) is 1. The van der Waals surface area contributed by atoms with Crippen LogP contribution in [0.3, 0.4) is 0 Å². The first-order chi connectivity index (χ1) is 14.6. The average Bonchev–Trinajstić information content (AvgIpc) is 3.15. The Morgan fingerprint density at radius 2 is 2.07 bits per heavy atom. The number of morpholine rings is 1. The zero-order valence-corrected chi connectivity index (χ0v) is 18.7. The summed E-state index contributed by atoms with van der Waals surface area (Å²) in [5.74, 6) is 1.75. The third kappa shape index (κ3) is 4.98. The van der Waals surface area contributed by atoms with Crippen molar-refractivity contribution < 1.29 is 9.53 Å². The lowest BCUT2D eigenvalue weighted by Crippen LogP contribution is -2.38. The Balaban J connectivity index is 1.41. The molecule has 2 aromatic rings. The third-order valence-corrected chi connectivity index (χ3v) is 6.54. The molecule has 1 saturated heterocycles. The topological polar surface area (TPSA) is 72.3 Å². The molecule has 2 aliphatic rings.